The van der Waals surface area contributed by atoms with Crippen molar-refractivity contribution in [2.24, 2.45) is 29.6 Å². The van der Waals surface area contributed by atoms with E-state index in [0.29, 0.717) is 29.4 Å². The Labute approximate surface area is 115 Å². The molecule has 5 unspecified atom stereocenters. The van der Waals surface area contributed by atoms with Crippen molar-refractivity contribution >= 4 is 0 Å². The molecule has 0 spiro atoms. The van der Waals surface area contributed by atoms with Crippen LogP contribution in [0.2, 0.25) is 0 Å². The van der Waals surface area contributed by atoms with Crippen LogP contribution in [-0.4, -0.2) is 16.3 Å². The van der Waals surface area contributed by atoms with Gasteiger partial charge in [-0.2, -0.15) is 0 Å². The van der Waals surface area contributed by atoms with E-state index in [1.54, 1.807) is 0 Å². The first kappa shape index (κ1) is 12.3. The molecule has 4 rings (SSSR count). The lowest BCUT2D eigenvalue weighted by Crippen LogP contribution is -2.48. The van der Waals surface area contributed by atoms with E-state index in [9.17, 15) is 10.2 Å². The Morgan fingerprint density at radius 2 is 1.74 bits per heavy atom. The smallest absolute Gasteiger partial charge is 0.121 e. The number of aliphatic hydroxyl groups excluding tert-OH is 2. The third kappa shape index (κ3) is 1.72. The van der Waals surface area contributed by atoms with E-state index in [2.05, 4.69) is 0 Å². The summed E-state index contributed by atoms with van der Waals surface area (Å²) in [6.45, 7) is 0. The molecule has 3 saturated carbocycles. The molecular weight excluding hydrogens is 236 g/mol. The SMILES string of the molecule is OC1=C2CCCCC2C2CCC3CCCC3C2[C@H]1O. The van der Waals surface area contributed by atoms with Crippen LogP contribution < -0.4 is 0 Å². The molecule has 0 aromatic heterocycles. The second-order valence-corrected chi connectivity index (χ2v) is 7.38. The molecule has 106 valence electrons. The molecule has 0 aromatic rings. The van der Waals surface area contributed by atoms with Gasteiger partial charge in [0.25, 0.3) is 0 Å². The van der Waals surface area contributed by atoms with Crippen LogP contribution in [0.1, 0.15) is 57.8 Å². The standard InChI is InChI=1S/C17H26O2/c18-16-14-6-2-1-5-12(14)13-9-8-10-4-3-7-11(10)15(13)17(16)19/h10-13,15,17-19H,1-9H2/t10?,11?,12?,13?,15?,17-/m1/s1. The fourth-order valence-electron chi connectivity index (χ4n) is 5.99. The highest BCUT2D eigenvalue weighted by Gasteiger charge is 2.52. The van der Waals surface area contributed by atoms with Crippen LogP contribution in [0.3, 0.4) is 0 Å². The van der Waals surface area contributed by atoms with Crippen molar-refractivity contribution in [2.75, 3.05) is 0 Å². The molecule has 0 heterocycles. The Hall–Kier alpha value is -0.500. The summed E-state index contributed by atoms with van der Waals surface area (Å²) >= 11 is 0. The highest BCUT2D eigenvalue weighted by Crippen LogP contribution is 2.57. The van der Waals surface area contributed by atoms with Crippen LogP contribution in [0.5, 0.6) is 0 Å². The second kappa shape index (κ2) is 4.51. The van der Waals surface area contributed by atoms with Gasteiger partial charge in [0.05, 0.1) is 0 Å². The Morgan fingerprint density at radius 1 is 0.842 bits per heavy atom. The molecule has 2 nitrogen and oxygen atoms in total. The molecule has 2 heteroatoms. The first-order valence-electron chi connectivity index (χ1n) is 8.37. The zero-order chi connectivity index (χ0) is 13.0. The van der Waals surface area contributed by atoms with E-state index in [0.717, 1.165) is 12.3 Å². The summed E-state index contributed by atoms with van der Waals surface area (Å²) in [5, 5.41) is 21.1. The van der Waals surface area contributed by atoms with Crippen molar-refractivity contribution in [1.29, 1.82) is 0 Å². The molecule has 0 bridgehead atoms. The van der Waals surface area contributed by atoms with Gasteiger partial charge in [0.1, 0.15) is 11.9 Å². The monoisotopic (exact) mass is 262 g/mol. The fraction of sp³-hybridized carbons (Fsp3) is 0.882. The lowest BCUT2D eigenvalue weighted by Gasteiger charge is -2.50. The quantitative estimate of drug-likeness (QED) is 0.697. The third-order valence-electron chi connectivity index (χ3n) is 6.73. The van der Waals surface area contributed by atoms with Gasteiger partial charge in [-0.15, -0.1) is 0 Å². The van der Waals surface area contributed by atoms with Gasteiger partial charge < -0.3 is 10.2 Å². The molecule has 0 aliphatic heterocycles. The number of hydrogen-bond acceptors (Lipinski definition) is 2. The van der Waals surface area contributed by atoms with E-state index >= 15 is 0 Å². The van der Waals surface area contributed by atoms with Gasteiger partial charge in [-0.25, -0.2) is 0 Å². The van der Waals surface area contributed by atoms with Crippen molar-refractivity contribution in [3.63, 3.8) is 0 Å². The van der Waals surface area contributed by atoms with Gasteiger partial charge in [0, 0.05) is 0 Å². The van der Waals surface area contributed by atoms with Crippen molar-refractivity contribution in [3.8, 4) is 0 Å². The summed E-state index contributed by atoms with van der Waals surface area (Å²) in [6, 6.07) is 0. The minimum atomic E-state index is -0.541. The number of rotatable bonds is 0. The van der Waals surface area contributed by atoms with E-state index in [4.69, 9.17) is 0 Å². The Morgan fingerprint density at radius 3 is 2.63 bits per heavy atom. The van der Waals surface area contributed by atoms with Gasteiger partial charge in [0.15, 0.2) is 0 Å². The molecule has 0 radical (unpaired) electrons. The van der Waals surface area contributed by atoms with Gasteiger partial charge in [-0.05, 0) is 73.7 Å². The lowest BCUT2D eigenvalue weighted by atomic mass is 9.56. The summed E-state index contributed by atoms with van der Waals surface area (Å²) in [5.41, 5.74) is 1.23. The van der Waals surface area contributed by atoms with Crippen molar-refractivity contribution < 1.29 is 10.2 Å². The number of fused-ring (bicyclic) bond motifs is 5. The molecule has 2 N–H and O–H groups in total. The van der Waals surface area contributed by atoms with Crippen LogP contribution in [0.25, 0.3) is 0 Å². The molecule has 0 amide bonds. The van der Waals surface area contributed by atoms with Crippen molar-refractivity contribution in [1.82, 2.24) is 0 Å². The maximum atomic E-state index is 10.7. The van der Waals surface area contributed by atoms with Gasteiger partial charge in [-0.3, -0.25) is 0 Å². The minimum absolute atomic E-state index is 0.369. The molecule has 4 aliphatic rings. The van der Waals surface area contributed by atoms with Crippen molar-refractivity contribution in [2.45, 2.75) is 63.9 Å². The number of hydrogen-bond donors (Lipinski definition) is 2. The summed E-state index contributed by atoms with van der Waals surface area (Å²) in [5.74, 6) is 3.56. The first-order valence-corrected chi connectivity index (χ1v) is 8.37. The van der Waals surface area contributed by atoms with E-state index in [1.165, 1.54) is 56.9 Å². The lowest BCUT2D eigenvalue weighted by molar-refractivity contribution is -0.0439. The molecule has 4 aliphatic carbocycles. The van der Waals surface area contributed by atoms with E-state index in [-0.39, 0.29) is 0 Å². The van der Waals surface area contributed by atoms with E-state index < -0.39 is 6.10 Å². The molecule has 0 aromatic carbocycles. The predicted octanol–water partition coefficient (Wildman–Crippen LogP) is 3.81. The zero-order valence-electron chi connectivity index (χ0n) is 11.7. The largest absolute Gasteiger partial charge is 0.510 e. The summed E-state index contributed by atoms with van der Waals surface area (Å²) < 4.78 is 0. The third-order valence-corrected chi connectivity index (χ3v) is 6.73. The van der Waals surface area contributed by atoms with Crippen molar-refractivity contribution in [3.05, 3.63) is 11.3 Å². The summed E-state index contributed by atoms with van der Waals surface area (Å²) in [4.78, 5) is 0. The topological polar surface area (TPSA) is 40.5 Å². The zero-order valence-corrected chi connectivity index (χ0v) is 11.7. The average molecular weight is 262 g/mol. The number of aliphatic hydroxyl groups is 2. The Bertz CT molecular complexity index is 400. The molecule has 0 saturated heterocycles. The predicted molar refractivity (Wildman–Crippen MR) is 74.7 cm³/mol. The highest BCUT2D eigenvalue weighted by molar-refractivity contribution is 5.24. The normalized spacial score (nSPS) is 49.5. The van der Waals surface area contributed by atoms with E-state index in [1.807, 2.05) is 0 Å². The summed E-state index contributed by atoms with van der Waals surface area (Å²) in [6.07, 6.45) is 10.9. The minimum Gasteiger partial charge on any atom is -0.510 e. The maximum Gasteiger partial charge on any atom is 0.121 e. The number of allylic oxidation sites excluding steroid dienone is 1. The van der Waals surface area contributed by atoms with Gasteiger partial charge >= 0.3 is 0 Å². The average Bonchev–Trinajstić information content (AvgIpc) is 2.92. The highest BCUT2D eigenvalue weighted by atomic mass is 16.3. The van der Waals surface area contributed by atoms with Crippen LogP contribution in [-0.2, 0) is 0 Å². The molecular formula is C17H26O2. The summed E-state index contributed by atoms with van der Waals surface area (Å²) in [7, 11) is 0. The Kier molecular flexibility index (Phi) is 2.91. The Balaban J connectivity index is 1.72. The first-order chi connectivity index (χ1) is 9.27. The van der Waals surface area contributed by atoms with Gasteiger partial charge in [-0.1, -0.05) is 19.3 Å². The van der Waals surface area contributed by atoms with Crippen LogP contribution in [0.4, 0.5) is 0 Å². The molecule has 19 heavy (non-hydrogen) atoms. The fourth-order valence-corrected chi connectivity index (χ4v) is 5.99. The van der Waals surface area contributed by atoms with Crippen LogP contribution in [0.15, 0.2) is 11.3 Å². The van der Waals surface area contributed by atoms with Crippen LogP contribution in [0, 0.1) is 29.6 Å². The second-order valence-electron chi connectivity index (χ2n) is 7.38. The maximum absolute atomic E-state index is 10.7. The molecule has 6 atom stereocenters. The van der Waals surface area contributed by atoms with Gasteiger partial charge in [0.2, 0.25) is 0 Å². The molecule has 3 fully saturated rings. The van der Waals surface area contributed by atoms with Crippen LogP contribution >= 0.6 is 0 Å².